The number of anilines is 1. The molecule has 2 rings (SSSR count). The minimum absolute atomic E-state index is 0.0783. The molecule has 0 saturated heterocycles. The largest absolute Gasteiger partial charge is 0.399 e. The van der Waals surface area contributed by atoms with E-state index in [4.69, 9.17) is 5.73 Å². The number of nitrogen functional groups attached to an aromatic ring is 1. The molecule has 0 aromatic heterocycles. The lowest BCUT2D eigenvalue weighted by molar-refractivity contribution is -0.132. The maximum Gasteiger partial charge on any atom is 0.222 e. The molecule has 1 aliphatic carbocycles. The van der Waals surface area contributed by atoms with Crippen LogP contribution >= 0.6 is 0 Å². The van der Waals surface area contributed by atoms with E-state index in [0.717, 1.165) is 23.6 Å². The first-order valence-corrected chi connectivity index (χ1v) is 7.69. The molecule has 3 nitrogen and oxygen atoms in total. The quantitative estimate of drug-likeness (QED) is 0.831. The lowest BCUT2D eigenvalue weighted by Gasteiger charge is -2.26. The fourth-order valence-corrected chi connectivity index (χ4v) is 3.06. The van der Waals surface area contributed by atoms with Crippen molar-refractivity contribution in [1.29, 1.82) is 0 Å². The molecule has 1 amide bonds. The van der Waals surface area contributed by atoms with Gasteiger partial charge in [0, 0.05) is 19.2 Å². The first-order valence-electron chi connectivity index (χ1n) is 7.69. The molecule has 20 heavy (non-hydrogen) atoms. The standard InChI is InChI=1S/C17H26N2O/c1-13(15-8-5-9-16(18)12-15)19(2)17(20)11-10-14-6-3-4-7-14/h5,8-9,12-14H,3-4,6-7,10-11,18H2,1-2H3. The van der Waals surface area contributed by atoms with Crippen molar-refractivity contribution in [3.05, 3.63) is 29.8 Å². The molecule has 0 heterocycles. The van der Waals surface area contributed by atoms with Gasteiger partial charge in [0.05, 0.1) is 6.04 Å². The highest BCUT2D eigenvalue weighted by Gasteiger charge is 2.20. The number of rotatable bonds is 5. The maximum absolute atomic E-state index is 12.3. The highest BCUT2D eigenvalue weighted by molar-refractivity contribution is 5.76. The van der Waals surface area contributed by atoms with Crippen LogP contribution in [0, 0.1) is 5.92 Å². The van der Waals surface area contributed by atoms with Gasteiger partial charge in [0.15, 0.2) is 0 Å². The van der Waals surface area contributed by atoms with Crippen LogP contribution in [0.15, 0.2) is 24.3 Å². The smallest absolute Gasteiger partial charge is 0.222 e. The van der Waals surface area contributed by atoms with Gasteiger partial charge in [0.2, 0.25) is 5.91 Å². The minimum Gasteiger partial charge on any atom is -0.399 e. The minimum atomic E-state index is 0.0783. The van der Waals surface area contributed by atoms with Crippen molar-refractivity contribution >= 4 is 11.6 Å². The molecule has 1 aliphatic rings. The van der Waals surface area contributed by atoms with Gasteiger partial charge in [-0.25, -0.2) is 0 Å². The van der Waals surface area contributed by atoms with Gasteiger partial charge in [0.1, 0.15) is 0 Å². The lowest BCUT2D eigenvalue weighted by atomic mass is 10.0. The van der Waals surface area contributed by atoms with Crippen molar-refractivity contribution in [2.45, 2.75) is 51.5 Å². The average molecular weight is 274 g/mol. The Morgan fingerprint density at radius 1 is 1.40 bits per heavy atom. The van der Waals surface area contributed by atoms with Crippen LogP contribution in [0.3, 0.4) is 0 Å². The molecule has 1 fully saturated rings. The second kappa shape index (κ2) is 6.78. The topological polar surface area (TPSA) is 46.3 Å². The van der Waals surface area contributed by atoms with Gasteiger partial charge in [0.25, 0.3) is 0 Å². The number of amides is 1. The van der Waals surface area contributed by atoms with Gasteiger partial charge in [-0.1, -0.05) is 37.8 Å². The number of hydrogen-bond acceptors (Lipinski definition) is 2. The van der Waals surface area contributed by atoms with E-state index in [-0.39, 0.29) is 11.9 Å². The van der Waals surface area contributed by atoms with E-state index in [9.17, 15) is 4.79 Å². The lowest BCUT2D eigenvalue weighted by Crippen LogP contribution is -2.29. The van der Waals surface area contributed by atoms with Crippen LogP contribution < -0.4 is 5.73 Å². The van der Waals surface area contributed by atoms with E-state index >= 15 is 0 Å². The summed E-state index contributed by atoms with van der Waals surface area (Å²) in [6.07, 6.45) is 7.02. The Hall–Kier alpha value is -1.51. The van der Waals surface area contributed by atoms with Gasteiger partial charge in [-0.15, -0.1) is 0 Å². The average Bonchev–Trinajstić information content (AvgIpc) is 2.96. The maximum atomic E-state index is 12.3. The zero-order valence-corrected chi connectivity index (χ0v) is 12.6. The SMILES string of the molecule is CC(c1cccc(N)c1)N(C)C(=O)CCC1CCCC1. The molecule has 0 aliphatic heterocycles. The molecule has 110 valence electrons. The molecule has 3 heteroatoms. The van der Waals surface area contributed by atoms with Gasteiger partial charge >= 0.3 is 0 Å². The summed E-state index contributed by atoms with van der Waals surface area (Å²) in [5.74, 6) is 1.02. The van der Waals surface area contributed by atoms with Crippen molar-refractivity contribution in [3.63, 3.8) is 0 Å². The van der Waals surface area contributed by atoms with Gasteiger partial charge in [-0.2, -0.15) is 0 Å². The third-order valence-electron chi connectivity index (χ3n) is 4.61. The number of carbonyl (C=O) groups excluding carboxylic acids is 1. The fraction of sp³-hybridized carbons (Fsp3) is 0.588. The van der Waals surface area contributed by atoms with E-state index in [1.807, 2.05) is 36.2 Å². The molecule has 1 unspecified atom stereocenters. The number of carbonyl (C=O) groups is 1. The van der Waals surface area contributed by atoms with E-state index < -0.39 is 0 Å². The first-order chi connectivity index (χ1) is 9.58. The van der Waals surface area contributed by atoms with Crippen LogP contribution in [0.25, 0.3) is 0 Å². The molecule has 1 atom stereocenters. The summed E-state index contributed by atoms with van der Waals surface area (Å²) in [5, 5.41) is 0. The first kappa shape index (κ1) is 14.9. The van der Waals surface area contributed by atoms with Crippen molar-refractivity contribution in [2.75, 3.05) is 12.8 Å². The summed E-state index contributed by atoms with van der Waals surface area (Å²) in [5.41, 5.74) is 7.66. The van der Waals surface area contributed by atoms with E-state index in [1.54, 1.807) is 0 Å². The molecule has 0 radical (unpaired) electrons. The molecule has 1 aromatic rings. The fourth-order valence-electron chi connectivity index (χ4n) is 3.06. The Labute approximate surface area is 122 Å². The van der Waals surface area contributed by atoms with Crippen LogP contribution in [-0.4, -0.2) is 17.9 Å². The zero-order valence-electron chi connectivity index (χ0n) is 12.6. The summed E-state index contributed by atoms with van der Waals surface area (Å²) in [4.78, 5) is 14.1. The van der Waals surface area contributed by atoms with E-state index in [0.29, 0.717) is 6.42 Å². The third-order valence-corrected chi connectivity index (χ3v) is 4.61. The predicted octanol–water partition coefficient (Wildman–Crippen LogP) is 3.76. The Kier molecular flexibility index (Phi) is 5.05. The van der Waals surface area contributed by atoms with Crippen LogP contribution in [0.1, 0.15) is 57.1 Å². The summed E-state index contributed by atoms with van der Waals surface area (Å²) >= 11 is 0. The highest BCUT2D eigenvalue weighted by Crippen LogP contribution is 2.29. The summed E-state index contributed by atoms with van der Waals surface area (Å²) < 4.78 is 0. The zero-order chi connectivity index (χ0) is 14.5. The molecule has 1 saturated carbocycles. The second-order valence-electron chi connectivity index (χ2n) is 6.04. The monoisotopic (exact) mass is 274 g/mol. The van der Waals surface area contributed by atoms with Crippen molar-refractivity contribution in [2.24, 2.45) is 5.92 Å². The Balaban J connectivity index is 1.88. The van der Waals surface area contributed by atoms with Crippen LogP contribution in [0.4, 0.5) is 5.69 Å². The van der Waals surface area contributed by atoms with E-state index in [2.05, 4.69) is 6.92 Å². The Morgan fingerprint density at radius 3 is 2.75 bits per heavy atom. The summed E-state index contributed by atoms with van der Waals surface area (Å²) in [6, 6.07) is 7.87. The molecule has 1 aromatic carbocycles. The normalized spacial score (nSPS) is 17.1. The van der Waals surface area contributed by atoms with Crippen LogP contribution in [-0.2, 0) is 4.79 Å². The molecule has 0 spiro atoms. The molecular formula is C17H26N2O. The van der Waals surface area contributed by atoms with Crippen LogP contribution in [0.5, 0.6) is 0 Å². The molecular weight excluding hydrogens is 248 g/mol. The van der Waals surface area contributed by atoms with Crippen molar-refractivity contribution in [1.82, 2.24) is 4.90 Å². The van der Waals surface area contributed by atoms with E-state index in [1.165, 1.54) is 25.7 Å². The van der Waals surface area contributed by atoms with Crippen molar-refractivity contribution in [3.8, 4) is 0 Å². The highest BCUT2D eigenvalue weighted by atomic mass is 16.2. The Morgan fingerprint density at radius 2 is 2.10 bits per heavy atom. The summed E-state index contributed by atoms with van der Waals surface area (Å²) in [7, 11) is 1.89. The third kappa shape index (κ3) is 3.75. The number of nitrogens with zero attached hydrogens (tertiary/aromatic N) is 1. The van der Waals surface area contributed by atoms with Crippen LogP contribution in [0.2, 0.25) is 0 Å². The van der Waals surface area contributed by atoms with Crippen molar-refractivity contribution < 1.29 is 4.79 Å². The van der Waals surface area contributed by atoms with Gasteiger partial charge in [-0.3, -0.25) is 4.79 Å². The number of nitrogens with two attached hydrogens (primary N) is 1. The number of benzene rings is 1. The predicted molar refractivity (Wildman–Crippen MR) is 83.2 cm³/mol. The molecule has 0 bridgehead atoms. The van der Waals surface area contributed by atoms with Gasteiger partial charge in [-0.05, 0) is 37.0 Å². The summed E-state index contributed by atoms with van der Waals surface area (Å²) in [6.45, 7) is 2.06. The Bertz CT molecular complexity index is 452. The number of hydrogen-bond donors (Lipinski definition) is 1. The molecule has 2 N–H and O–H groups in total. The second-order valence-corrected chi connectivity index (χ2v) is 6.04. The van der Waals surface area contributed by atoms with Gasteiger partial charge < -0.3 is 10.6 Å².